The number of benzene rings is 1. The van der Waals surface area contributed by atoms with Crippen molar-refractivity contribution in [2.75, 3.05) is 26.7 Å². The Labute approximate surface area is 118 Å². The van der Waals surface area contributed by atoms with E-state index >= 15 is 0 Å². The first kappa shape index (κ1) is 15.4. The first-order chi connectivity index (χ1) is 9.51. The highest BCUT2D eigenvalue weighted by molar-refractivity contribution is 5.23. The van der Waals surface area contributed by atoms with Gasteiger partial charge in [-0.05, 0) is 27.0 Å². The lowest BCUT2D eigenvalue weighted by Crippen LogP contribution is -2.48. The van der Waals surface area contributed by atoms with Crippen LogP contribution in [0, 0.1) is 11.6 Å². The molecule has 1 saturated heterocycles. The van der Waals surface area contributed by atoms with Crippen molar-refractivity contribution in [3.63, 3.8) is 0 Å². The number of ether oxygens (including phenoxy) is 1. The highest BCUT2D eigenvalue weighted by Gasteiger charge is 2.26. The summed E-state index contributed by atoms with van der Waals surface area (Å²) in [5.41, 5.74) is 0.374. The van der Waals surface area contributed by atoms with Crippen molar-refractivity contribution >= 4 is 0 Å². The number of nitrogens with zero attached hydrogens (tertiary/aromatic N) is 1. The summed E-state index contributed by atoms with van der Waals surface area (Å²) in [7, 11) is 1.77. The maximum absolute atomic E-state index is 13.9. The minimum atomic E-state index is -0.800. The largest absolute Gasteiger partial charge is 0.373 e. The molecule has 3 nitrogen and oxygen atoms in total. The molecule has 3 atom stereocenters. The monoisotopic (exact) mass is 284 g/mol. The van der Waals surface area contributed by atoms with Crippen molar-refractivity contribution in [1.82, 2.24) is 10.2 Å². The van der Waals surface area contributed by atoms with E-state index in [1.54, 1.807) is 19.2 Å². The molecule has 0 amide bonds. The standard InChI is InChI=1S/C15H22F2N2O/c1-10-7-19(8-11(2)20-10)9-14(18-3)12-5-4-6-13(16)15(12)17/h4-6,10-11,14,18H,7-9H2,1-3H3/t10-,11+,14?. The van der Waals surface area contributed by atoms with E-state index < -0.39 is 11.6 Å². The number of hydrogen-bond acceptors (Lipinski definition) is 3. The van der Waals surface area contributed by atoms with Gasteiger partial charge in [-0.25, -0.2) is 8.78 Å². The topological polar surface area (TPSA) is 24.5 Å². The molecule has 1 aliphatic heterocycles. The SMILES string of the molecule is CNC(CN1C[C@@H](C)O[C@@H](C)C1)c1cccc(F)c1F. The molecule has 1 fully saturated rings. The van der Waals surface area contributed by atoms with Crippen molar-refractivity contribution in [3.8, 4) is 0 Å². The van der Waals surface area contributed by atoms with Gasteiger partial charge in [-0.3, -0.25) is 4.90 Å². The number of halogens is 2. The van der Waals surface area contributed by atoms with Gasteiger partial charge in [0.1, 0.15) is 0 Å². The third-order valence-corrected chi connectivity index (χ3v) is 3.64. The molecule has 0 radical (unpaired) electrons. The van der Waals surface area contributed by atoms with E-state index in [2.05, 4.69) is 10.2 Å². The Morgan fingerprint density at radius 1 is 1.30 bits per heavy atom. The fraction of sp³-hybridized carbons (Fsp3) is 0.600. The molecule has 0 aliphatic carbocycles. The summed E-state index contributed by atoms with van der Waals surface area (Å²) in [6, 6.07) is 4.09. The van der Waals surface area contributed by atoms with Crippen LogP contribution >= 0.6 is 0 Å². The molecule has 1 aromatic rings. The Hall–Kier alpha value is -1.04. The molecule has 0 aromatic heterocycles. The fourth-order valence-electron chi connectivity index (χ4n) is 2.83. The Balaban J connectivity index is 2.10. The molecule has 0 saturated carbocycles. The van der Waals surface area contributed by atoms with Crippen LogP contribution in [0.25, 0.3) is 0 Å². The molecule has 1 N–H and O–H groups in total. The van der Waals surface area contributed by atoms with Crippen LogP contribution in [0.1, 0.15) is 25.5 Å². The summed E-state index contributed by atoms with van der Waals surface area (Å²) < 4.78 is 32.9. The second-order valence-corrected chi connectivity index (χ2v) is 5.46. The zero-order valence-corrected chi connectivity index (χ0v) is 12.2. The maximum atomic E-state index is 13.9. The third-order valence-electron chi connectivity index (χ3n) is 3.64. The molecule has 1 aliphatic rings. The average Bonchev–Trinajstić information content (AvgIpc) is 2.38. The highest BCUT2D eigenvalue weighted by Crippen LogP contribution is 2.21. The van der Waals surface area contributed by atoms with Crippen molar-refractivity contribution in [1.29, 1.82) is 0 Å². The van der Waals surface area contributed by atoms with Crippen LogP contribution in [0.15, 0.2) is 18.2 Å². The summed E-state index contributed by atoms with van der Waals surface area (Å²) in [4.78, 5) is 2.23. The Kier molecular flexibility index (Phi) is 5.07. The molecule has 2 rings (SSSR count). The average molecular weight is 284 g/mol. The first-order valence-corrected chi connectivity index (χ1v) is 7.00. The Morgan fingerprint density at radius 3 is 2.55 bits per heavy atom. The molecule has 1 unspecified atom stereocenters. The molecule has 1 heterocycles. The van der Waals surface area contributed by atoms with Crippen molar-refractivity contribution in [3.05, 3.63) is 35.4 Å². The molecule has 0 spiro atoms. The van der Waals surface area contributed by atoms with Gasteiger partial charge >= 0.3 is 0 Å². The summed E-state index contributed by atoms with van der Waals surface area (Å²) in [5, 5.41) is 3.07. The highest BCUT2D eigenvalue weighted by atomic mass is 19.2. The molecule has 1 aromatic carbocycles. The van der Waals surface area contributed by atoms with Crippen LogP contribution in [0.5, 0.6) is 0 Å². The summed E-state index contributed by atoms with van der Waals surface area (Å²) in [5.74, 6) is -1.56. The van der Waals surface area contributed by atoms with Crippen LogP contribution in [0.3, 0.4) is 0 Å². The van der Waals surface area contributed by atoms with Gasteiger partial charge in [0.25, 0.3) is 0 Å². The summed E-state index contributed by atoms with van der Waals surface area (Å²) >= 11 is 0. The predicted octanol–water partition coefficient (Wildman–Crippen LogP) is 2.33. The minimum Gasteiger partial charge on any atom is -0.373 e. The van der Waals surface area contributed by atoms with Gasteiger partial charge in [-0.15, -0.1) is 0 Å². The molecular weight excluding hydrogens is 262 g/mol. The Morgan fingerprint density at radius 2 is 1.95 bits per heavy atom. The zero-order valence-electron chi connectivity index (χ0n) is 12.2. The second kappa shape index (κ2) is 6.61. The lowest BCUT2D eigenvalue weighted by Gasteiger charge is -2.37. The predicted molar refractivity (Wildman–Crippen MR) is 74.6 cm³/mol. The maximum Gasteiger partial charge on any atom is 0.163 e. The van der Waals surface area contributed by atoms with E-state index in [-0.39, 0.29) is 18.2 Å². The van der Waals surface area contributed by atoms with Gasteiger partial charge in [-0.2, -0.15) is 0 Å². The van der Waals surface area contributed by atoms with Crippen LogP contribution in [-0.4, -0.2) is 43.8 Å². The van der Waals surface area contributed by atoms with Gasteiger partial charge < -0.3 is 10.1 Å². The minimum absolute atomic E-state index is 0.161. The van der Waals surface area contributed by atoms with Gasteiger partial charge in [0, 0.05) is 31.2 Å². The number of hydrogen-bond donors (Lipinski definition) is 1. The lowest BCUT2D eigenvalue weighted by molar-refractivity contribution is -0.0699. The fourth-order valence-corrected chi connectivity index (χ4v) is 2.83. The van der Waals surface area contributed by atoms with Crippen LogP contribution in [0.4, 0.5) is 8.78 Å². The van der Waals surface area contributed by atoms with E-state index in [4.69, 9.17) is 4.74 Å². The second-order valence-electron chi connectivity index (χ2n) is 5.46. The van der Waals surface area contributed by atoms with E-state index in [0.717, 1.165) is 19.2 Å². The molecular formula is C15H22F2N2O. The normalized spacial score (nSPS) is 25.6. The van der Waals surface area contributed by atoms with Crippen molar-refractivity contribution < 1.29 is 13.5 Å². The third kappa shape index (κ3) is 3.53. The lowest BCUT2D eigenvalue weighted by atomic mass is 10.0. The smallest absolute Gasteiger partial charge is 0.163 e. The molecule has 20 heavy (non-hydrogen) atoms. The number of rotatable bonds is 4. The number of likely N-dealkylation sites (N-methyl/N-ethyl adjacent to an activating group) is 1. The molecule has 112 valence electrons. The van der Waals surface area contributed by atoms with E-state index in [9.17, 15) is 8.78 Å². The van der Waals surface area contributed by atoms with E-state index in [1.807, 2.05) is 13.8 Å². The Bertz CT molecular complexity index is 445. The quantitative estimate of drug-likeness (QED) is 0.918. The zero-order chi connectivity index (χ0) is 14.7. The van der Waals surface area contributed by atoms with E-state index in [0.29, 0.717) is 12.1 Å². The van der Waals surface area contributed by atoms with E-state index in [1.165, 1.54) is 0 Å². The van der Waals surface area contributed by atoms with Crippen LogP contribution in [-0.2, 0) is 4.74 Å². The van der Waals surface area contributed by atoms with Gasteiger partial charge in [-0.1, -0.05) is 12.1 Å². The summed E-state index contributed by atoms with van der Waals surface area (Å²) in [6.45, 7) is 6.30. The molecule has 5 heteroatoms. The summed E-state index contributed by atoms with van der Waals surface area (Å²) in [6.07, 6.45) is 0.322. The molecule has 0 bridgehead atoms. The van der Waals surface area contributed by atoms with Crippen molar-refractivity contribution in [2.45, 2.75) is 32.1 Å². The number of morpholine rings is 1. The van der Waals surface area contributed by atoms with Gasteiger partial charge in [0.2, 0.25) is 0 Å². The van der Waals surface area contributed by atoms with Crippen LogP contribution in [0.2, 0.25) is 0 Å². The van der Waals surface area contributed by atoms with Crippen LogP contribution < -0.4 is 5.32 Å². The van der Waals surface area contributed by atoms with Gasteiger partial charge in [0.15, 0.2) is 11.6 Å². The van der Waals surface area contributed by atoms with Crippen molar-refractivity contribution in [2.24, 2.45) is 0 Å². The van der Waals surface area contributed by atoms with Gasteiger partial charge in [0.05, 0.1) is 12.2 Å². The first-order valence-electron chi connectivity index (χ1n) is 7.00. The number of nitrogens with one attached hydrogen (secondary N) is 1.